The molecule has 2 saturated heterocycles. The molecule has 2 atom stereocenters. The molecule has 0 bridgehead atoms. The Kier molecular flexibility index (Phi) is 2.42. The monoisotopic (exact) mass is 170 g/mol. The smallest absolute Gasteiger partial charge is 0.190 e. The Balaban J connectivity index is 1.89. The first-order chi connectivity index (χ1) is 5.88. The Hall–Kier alpha value is -0.410. The second kappa shape index (κ2) is 3.54. The van der Waals surface area contributed by atoms with Crippen molar-refractivity contribution in [1.82, 2.24) is 0 Å². The third-order valence-corrected chi connectivity index (χ3v) is 2.49. The van der Waals surface area contributed by atoms with Crippen LogP contribution in [0.4, 0.5) is 0 Å². The van der Waals surface area contributed by atoms with Crippen molar-refractivity contribution in [1.29, 1.82) is 0 Å². The summed E-state index contributed by atoms with van der Waals surface area (Å²) in [7, 11) is 0. The summed E-state index contributed by atoms with van der Waals surface area (Å²) in [5.74, 6) is 0.171. The topological polar surface area (TPSA) is 35.5 Å². The van der Waals surface area contributed by atoms with Crippen LogP contribution in [0.15, 0.2) is 0 Å². The lowest BCUT2D eigenvalue weighted by molar-refractivity contribution is -0.137. The highest BCUT2D eigenvalue weighted by Crippen LogP contribution is 2.20. The van der Waals surface area contributed by atoms with Gasteiger partial charge >= 0.3 is 0 Å². The van der Waals surface area contributed by atoms with E-state index in [1.807, 2.05) is 0 Å². The Morgan fingerprint density at radius 2 is 1.50 bits per heavy atom. The first-order valence-corrected chi connectivity index (χ1v) is 4.65. The summed E-state index contributed by atoms with van der Waals surface area (Å²) < 4.78 is 10.6. The van der Waals surface area contributed by atoms with Gasteiger partial charge in [-0.2, -0.15) is 0 Å². The number of ketones is 1. The summed E-state index contributed by atoms with van der Waals surface area (Å²) in [5, 5.41) is 0. The van der Waals surface area contributed by atoms with E-state index >= 15 is 0 Å². The number of ether oxygens (including phenoxy) is 2. The van der Waals surface area contributed by atoms with Crippen LogP contribution in [0.1, 0.15) is 25.7 Å². The van der Waals surface area contributed by atoms with Gasteiger partial charge in [0.2, 0.25) is 0 Å². The molecular weight excluding hydrogens is 156 g/mol. The predicted molar refractivity (Wildman–Crippen MR) is 43.0 cm³/mol. The zero-order valence-corrected chi connectivity index (χ0v) is 7.12. The van der Waals surface area contributed by atoms with Crippen molar-refractivity contribution >= 4 is 5.78 Å². The molecule has 0 saturated carbocycles. The fraction of sp³-hybridized carbons (Fsp3) is 0.889. The normalized spacial score (nSPS) is 35.7. The van der Waals surface area contributed by atoms with E-state index in [1.54, 1.807) is 0 Å². The number of carbonyl (C=O) groups is 1. The summed E-state index contributed by atoms with van der Waals surface area (Å²) in [6, 6.07) is 0. The van der Waals surface area contributed by atoms with Gasteiger partial charge in [-0.3, -0.25) is 4.79 Å². The Morgan fingerprint density at radius 3 is 1.83 bits per heavy atom. The SMILES string of the molecule is O=C(C1CCCO1)C1CCCO1. The van der Waals surface area contributed by atoms with E-state index in [-0.39, 0.29) is 18.0 Å². The van der Waals surface area contributed by atoms with Gasteiger partial charge in [-0.15, -0.1) is 0 Å². The standard InChI is InChI=1S/C9H14O3/c10-9(7-3-1-5-11-7)8-4-2-6-12-8/h7-8H,1-6H2. The largest absolute Gasteiger partial charge is 0.370 e. The van der Waals surface area contributed by atoms with E-state index in [0.29, 0.717) is 0 Å². The third-order valence-electron chi connectivity index (χ3n) is 2.49. The van der Waals surface area contributed by atoms with Crippen molar-refractivity contribution in [3.63, 3.8) is 0 Å². The first kappa shape index (κ1) is 8.20. The maximum Gasteiger partial charge on any atom is 0.190 e. The second-order valence-electron chi connectivity index (χ2n) is 3.41. The maximum atomic E-state index is 11.6. The summed E-state index contributed by atoms with van der Waals surface area (Å²) in [4.78, 5) is 11.6. The van der Waals surface area contributed by atoms with Crippen LogP contribution < -0.4 is 0 Å². The van der Waals surface area contributed by atoms with Crippen LogP contribution in [0.3, 0.4) is 0 Å². The van der Waals surface area contributed by atoms with E-state index in [4.69, 9.17) is 9.47 Å². The van der Waals surface area contributed by atoms with Crippen molar-refractivity contribution in [2.75, 3.05) is 13.2 Å². The molecule has 2 aliphatic heterocycles. The Bertz CT molecular complexity index is 149. The van der Waals surface area contributed by atoms with Crippen molar-refractivity contribution in [3.05, 3.63) is 0 Å². The van der Waals surface area contributed by atoms with Gasteiger partial charge in [-0.25, -0.2) is 0 Å². The van der Waals surface area contributed by atoms with Crippen molar-refractivity contribution in [2.24, 2.45) is 0 Å². The van der Waals surface area contributed by atoms with Gasteiger partial charge in [0.15, 0.2) is 5.78 Å². The minimum Gasteiger partial charge on any atom is -0.370 e. The molecule has 0 N–H and O–H groups in total. The van der Waals surface area contributed by atoms with Crippen molar-refractivity contribution in [2.45, 2.75) is 37.9 Å². The molecule has 0 aliphatic carbocycles. The molecule has 0 amide bonds. The van der Waals surface area contributed by atoms with Gasteiger partial charge < -0.3 is 9.47 Å². The van der Waals surface area contributed by atoms with Crippen LogP contribution in [-0.4, -0.2) is 31.2 Å². The summed E-state index contributed by atoms with van der Waals surface area (Å²) in [6.45, 7) is 1.48. The quantitative estimate of drug-likeness (QED) is 0.618. The molecule has 68 valence electrons. The first-order valence-electron chi connectivity index (χ1n) is 4.65. The van der Waals surface area contributed by atoms with Gasteiger partial charge in [0.05, 0.1) is 0 Å². The molecule has 0 aromatic heterocycles. The highest BCUT2D eigenvalue weighted by molar-refractivity contribution is 5.87. The lowest BCUT2D eigenvalue weighted by Gasteiger charge is -2.12. The molecule has 3 nitrogen and oxygen atoms in total. The van der Waals surface area contributed by atoms with Crippen molar-refractivity contribution in [3.8, 4) is 0 Å². The van der Waals surface area contributed by atoms with Crippen LogP contribution in [0.5, 0.6) is 0 Å². The van der Waals surface area contributed by atoms with Gasteiger partial charge in [-0.1, -0.05) is 0 Å². The fourth-order valence-electron chi connectivity index (χ4n) is 1.81. The zero-order valence-electron chi connectivity index (χ0n) is 7.12. The molecular formula is C9H14O3. The fourth-order valence-corrected chi connectivity index (χ4v) is 1.81. The average molecular weight is 170 g/mol. The Labute approximate surface area is 72.0 Å². The van der Waals surface area contributed by atoms with Crippen LogP contribution >= 0.6 is 0 Å². The summed E-state index contributed by atoms with van der Waals surface area (Å²) in [5.41, 5.74) is 0. The van der Waals surface area contributed by atoms with Gasteiger partial charge in [0.1, 0.15) is 12.2 Å². The van der Waals surface area contributed by atoms with Gasteiger partial charge in [0.25, 0.3) is 0 Å². The number of hydrogen-bond acceptors (Lipinski definition) is 3. The third kappa shape index (κ3) is 1.52. The van der Waals surface area contributed by atoms with E-state index in [1.165, 1.54) is 0 Å². The lowest BCUT2D eigenvalue weighted by atomic mass is 10.1. The Morgan fingerprint density at radius 1 is 1.00 bits per heavy atom. The molecule has 2 heterocycles. The number of carbonyl (C=O) groups excluding carboxylic acids is 1. The highest BCUT2D eigenvalue weighted by atomic mass is 16.5. The van der Waals surface area contributed by atoms with Gasteiger partial charge in [0, 0.05) is 13.2 Å². The zero-order chi connectivity index (χ0) is 8.39. The molecule has 0 radical (unpaired) electrons. The van der Waals surface area contributed by atoms with Crippen LogP contribution in [0.2, 0.25) is 0 Å². The molecule has 2 unspecified atom stereocenters. The summed E-state index contributed by atoms with van der Waals surface area (Å²) >= 11 is 0. The minimum absolute atomic E-state index is 0.159. The highest BCUT2D eigenvalue weighted by Gasteiger charge is 2.32. The van der Waals surface area contributed by atoms with Gasteiger partial charge in [-0.05, 0) is 25.7 Å². The second-order valence-corrected chi connectivity index (χ2v) is 3.41. The summed E-state index contributed by atoms with van der Waals surface area (Å²) in [6.07, 6.45) is 3.49. The molecule has 0 aromatic carbocycles. The van der Waals surface area contributed by atoms with E-state index in [2.05, 4.69) is 0 Å². The molecule has 2 rings (SSSR count). The van der Waals surface area contributed by atoms with Crippen LogP contribution in [-0.2, 0) is 14.3 Å². The van der Waals surface area contributed by atoms with Crippen LogP contribution in [0, 0.1) is 0 Å². The average Bonchev–Trinajstić information content (AvgIpc) is 2.77. The predicted octanol–water partition coefficient (Wildman–Crippen LogP) is 0.913. The van der Waals surface area contributed by atoms with E-state index in [9.17, 15) is 4.79 Å². The van der Waals surface area contributed by atoms with E-state index in [0.717, 1.165) is 38.9 Å². The van der Waals surface area contributed by atoms with Crippen LogP contribution in [0.25, 0.3) is 0 Å². The van der Waals surface area contributed by atoms with E-state index < -0.39 is 0 Å². The number of Topliss-reactive ketones (excluding diaryl/α,β-unsaturated/α-hetero) is 1. The number of hydrogen-bond donors (Lipinski definition) is 0. The number of rotatable bonds is 2. The molecule has 2 aliphatic rings. The lowest BCUT2D eigenvalue weighted by Crippen LogP contribution is -2.31. The molecule has 0 spiro atoms. The molecule has 0 aromatic rings. The molecule has 2 fully saturated rings. The van der Waals surface area contributed by atoms with Crippen molar-refractivity contribution < 1.29 is 14.3 Å². The maximum absolute atomic E-state index is 11.6. The minimum atomic E-state index is -0.159. The molecule has 3 heteroatoms. The molecule has 12 heavy (non-hydrogen) atoms.